The molecule has 0 aromatic carbocycles. The summed E-state index contributed by atoms with van der Waals surface area (Å²) >= 11 is 7.46. The third-order valence-corrected chi connectivity index (χ3v) is 7.52. The van der Waals surface area contributed by atoms with Crippen LogP contribution in [0.3, 0.4) is 0 Å². The van der Waals surface area contributed by atoms with Gasteiger partial charge in [-0.2, -0.15) is 0 Å². The minimum atomic E-state index is -0.803. The maximum atomic E-state index is 13.7. The van der Waals surface area contributed by atoms with Crippen molar-refractivity contribution in [3.05, 3.63) is 39.6 Å². The zero-order chi connectivity index (χ0) is 22.0. The van der Waals surface area contributed by atoms with Gasteiger partial charge in [0.25, 0.3) is 5.91 Å². The number of anilines is 1. The smallest absolute Gasteiger partial charge is 0.264 e. The van der Waals surface area contributed by atoms with Crippen LogP contribution in [-0.4, -0.2) is 53.0 Å². The SMILES string of the molecule is C[C@@H]1CCCN(C2CCN(c3nc(Cl)c(C(=O)NCc4ncc(F)cc4F)s3)CC2)C1. The van der Waals surface area contributed by atoms with Crippen LogP contribution in [0.15, 0.2) is 12.3 Å². The molecule has 4 heterocycles. The number of carbonyl (C=O) groups excluding carboxylic acids is 1. The first kappa shape index (κ1) is 22.4. The third-order valence-electron chi connectivity index (χ3n) is 6.02. The number of thiazole rings is 1. The summed E-state index contributed by atoms with van der Waals surface area (Å²) in [6.07, 6.45) is 5.65. The predicted molar refractivity (Wildman–Crippen MR) is 118 cm³/mol. The number of hydrogen-bond donors (Lipinski definition) is 1. The average molecular weight is 470 g/mol. The van der Waals surface area contributed by atoms with Gasteiger partial charge < -0.3 is 10.2 Å². The molecule has 6 nitrogen and oxygen atoms in total. The number of piperidine rings is 2. The van der Waals surface area contributed by atoms with Crippen LogP contribution in [-0.2, 0) is 6.54 Å². The van der Waals surface area contributed by atoms with E-state index in [0.717, 1.165) is 49.2 Å². The van der Waals surface area contributed by atoms with Crippen molar-refractivity contribution in [3.63, 3.8) is 0 Å². The van der Waals surface area contributed by atoms with Gasteiger partial charge in [0.05, 0.1) is 18.4 Å². The number of hydrogen-bond acceptors (Lipinski definition) is 6. The van der Waals surface area contributed by atoms with Crippen molar-refractivity contribution in [2.75, 3.05) is 31.1 Å². The maximum absolute atomic E-state index is 13.7. The Kier molecular flexibility index (Phi) is 7.03. The van der Waals surface area contributed by atoms with E-state index in [-0.39, 0.29) is 22.3 Å². The van der Waals surface area contributed by atoms with E-state index in [1.54, 1.807) is 0 Å². The second kappa shape index (κ2) is 9.75. The van der Waals surface area contributed by atoms with Gasteiger partial charge in [0.2, 0.25) is 0 Å². The molecular formula is C21H26ClF2N5OS. The Morgan fingerprint density at radius 1 is 1.29 bits per heavy atom. The molecule has 2 aromatic heterocycles. The van der Waals surface area contributed by atoms with Gasteiger partial charge in [-0.15, -0.1) is 0 Å². The molecule has 2 aromatic rings. The molecule has 2 fully saturated rings. The Hall–Kier alpha value is -1.84. The second-order valence-corrected chi connectivity index (χ2v) is 9.68. The molecule has 0 saturated carbocycles. The standard InChI is InChI=1S/C21H26ClF2N5OS/c1-13-3-2-6-29(12-13)15-4-7-28(8-5-15)21-27-19(22)18(31-21)20(30)26-11-17-16(24)9-14(23)10-25-17/h9-10,13,15H,2-8,11-12H2,1H3,(H,26,30)/t13-/m1/s1. The lowest BCUT2D eigenvalue weighted by Crippen LogP contribution is -2.48. The van der Waals surface area contributed by atoms with Crippen LogP contribution >= 0.6 is 22.9 Å². The zero-order valence-corrected chi connectivity index (χ0v) is 19.0. The highest BCUT2D eigenvalue weighted by atomic mass is 35.5. The number of pyridine rings is 1. The summed E-state index contributed by atoms with van der Waals surface area (Å²) in [6, 6.07) is 1.34. The Morgan fingerprint density at radius 2 is 2.06 bits per heavy atom. The molecular weight excluding hydrogens is 444 g/mol. The fourth-order valence-electron chi connectivity index (χ4n) is 4.36. The average Bonchev–Trinajstić information content (AvgIpc) is 3.15. The number of carbonyl (C=O) groups is 1. The Bertz CT molecular complexity index is 934. The second-order valence-electron chi connectivity index (χ2n) is 8.34. The summed E-state index contributed by atoms with van der Waals surface area (Å²) < 4.78 is 26.7. The van der Waals surface area contributed by atoms with E-state index in [1.807, 2.05) is 0 Å². The van der Waals surface area contributed by atoms with Gasteiger partial charge in [0, 0.05) is 31.7 Å². The molecule has 4 rings (SSSR count). The van der Waals surface area contributed by atoms with E-state index < -0.39 is 17.5 Å². The van der Waals surface area contributed by atoms with Crippen molar-refractivity contribution < 1.29 is 13.6 Å². The predicted octanol–water partition coefficient (Wildman–Crippen LogP) is 4.10. The minimum Gasteiger partial charge on any atom is -0.348 e. The highest BCUT2D eigenvalue weighted by Crippen LogP contribution is 2.32. The number of likely N-dealkylation sites (tertiary alicyclic amines) is 1. The van der Waals surface area contributed by atoms with E-state index in [9.17, 15) is 13.6 Å². The largest absolute Gasteiger partial charge is 0.348 e. The fraction of sp³-hybridized carbons (Fsp3) is 0.571. The van der Waals surface area contributed by atoms with Gasteiger partial charge in [-0.3, -0.25) is 14.7 Å². The van der Waals surface area contributed by atoms with E-state index in [4.69, 9.17) is 11.6 Å². The number of nitrogens with one attached hydrogen (secondary N) is 1. The molecule has 1 amide bonds. The van der Waals surface area contributed by atoms with Crippen LogP contribution in [0.1, 0.15) is 48.0 Å². The molecule has 168 valence electrons. The number of aromatic nitrogens is 2. The fourth-order valence-corrected chi connectivity index (χ4v) is 5.62. The summed E-state index contributed by atoms with van der Waals surface area (Å²) in [7, 11) is 0. The van der Waals surface area contributed by atoms with Gasteiger partial charge in [-0.25, -0.2) is 13.8 Å². The topological polar surface area (TPSA) is 61.4 Å². The summed E-state index contributed by atoms with van der Waals surface area (Å²) in [5, 5.41) is 3.45. The molecule has 0 bridgehead atoms. The molecule has 2 saturated heterocycles. The zero-order valence-electron chi connectivity index (χ0n) is 17.4. The molecule has 2 aliphatic heterocycles. The monoisotopic (exact) mass is 469 g/mol. The Morgan fingerprint density at radius 3 is 2.77 bits per heavy atom. The molecule has 1 atom stereocenters. The van der Waals surface area contributed by atoms with Crippen LogP contribution in [0.2, 0.25) is 5.15 Å². The Balaban J connectivity index is 1.33. The lowest BCUT2D eigenvalue weighted by molar-refractivity contribution is 0.0954. The first-order valence-corrected chi connectivity index (χ1v) is 11.8. The molecule has 2 aliphatic rings. The van der Waals surface area contributed by atoms with E-state index in [0.29, 0.717) is 6.04 Å². The first-order valence-electron chi connectivity index (χ1n) is 10.6. The normalized spacial score (nSPS) is 20.8. The number of nitrogens with zero attached hydrogens (tertiary/aromatic N) is 4. The van der Waals surface area contributed by atoms with Gasteiger partial charge in [0.1, 0.15) is 16.5 Å². The highest BCUT2D eigenvalue weighted by molar-refractivity contribution is 7.18. The van der Waals surface area contributed by atoms with Crippen molar-refractivity contribution >= 4 is 34.0 Å². The minimum absolute atomic E-state index is 0.0373. The highest BCUT2D eigenvalue weighted by Gasteiger charge is 2.29. The number of amides is 1. The molecule has 1 N–H and O–H groups in total. The summed E-state index contributed by atoms with van der Waals surface area (Å²) in [6.45, 7) is 6.30. The van der Waals surface area contributed by atoms with Crippen LogP contribution in [0, 0.1) is 17.6 Å². The van der Waals surface area contributed by atoms with E-state index >= 15 is 0 Å². The van der Waals surface area contributed by atoms with E-state index in [1.165, 1.54) is 37.3 Å². The summed E-state index contributed by atoms with van der Waals surface area (Å²) in [4.78, 5) is 25.7. The van der Waals surface area contributed by atoms with Gasteiger partial charge in [0.15, 0.2) is 10.3 Å². The van der Waals surface area contributed by atoms with Gasteiger partial charge >= 0.3 is 0 Å². The van der Waals surface area contributed by atoms with Crippen molar-refractivity contribution in [3.8, 4) is 0 Å². The lowest BCUT2D eigenvalue weighted by atomic mass is 9.95. The lowest BCUT2D eigenvalue weighted by Gasteiger charge is -2.41. The molecule has 0 unspecified atom stereocenters. The maximum Gasteiger partial charge on any atom is 0.264 e. The van der Waals surface area contributed by atoms with Crippen LogP contribution in [0.25, 0.3) is 0 Å². The molecule has 0 radical (unpaired) electrons. The molecule has 10 heteroatoms. The van der Waals surface area contributed by atoms with Gasteiger partial charge in [-0.05, 0) is 38.1 Å². The third kappa shape index (κ3) is 5.32. The molecule has 0 aliphatic carbocycles. The van der Waals surface area contributed by atoms with E-state index in [2.05, 4.69) is 32.0 Å². The van der Waals surface area contributed by atoms with Crippen molar-refractivity contribution in [1.82, 2.24) is 20.2 Å². The van der Waals surface area contributed by atoms with Crippen LogP contribution < -0.4 is 10.2 Å². The Labute approximate surface area is 189 Å². The van der Waals surface area contributed by atoms with Crippen molar-refractivity contribution in [1.29, 1.82) is 0 Å². The van der Waals surface area contributed by atoms with Crippen LogP contribution in [0.5, 0.6) is 0 Å². The number of rotatable bonds is 5. The summed E-state index contributed by atoms with van der Waals surface area (Å²) in [5.74, 6) is -1.25. The first-order chi connectivity index (χ1) is 14.9. The quantitative estimate of drug-likeness (QED) is 0.714. The van der Waals surface area contributed by atoms with Crippen LogP contribution in [0.4, 0.5) is 13.9 Å². The van der Waals surface area contributed by atoms with Crippen molar-refractivity contribution in [2.45, 2.75) is 45.2 Å². The van der Waals surface area contributed by atoms with Gasteiger partial charge in [-0.1, -0.05) is 29.9 Å². The number of halogens is 3. The molecule has 31 heavy (non-hydrogen) atoms. The summed E-state index contributed by atoms with van der Waals surface area (Å²) in [5.41, 5.74) is -0.0373. The molecule has 0 spiro atoms. The van der Waals surface area contributed by atoms with Crippen molar-refractivity contribution in [2.24, 2.45) is 5.92 Å².